The van der Waals surface area contributed by atoms with Gasteiger partial charge in [0.05, 0.1) is 22.1 Å². The van der Waals surface area contributed by atoms with Gasteiger partial charge in [0.2, 0.25) is 0 Å². The fraction of sp³-hybridized carbons (Fsp3) is 0.128. The maximum Gasteiger partial charge on any atom is 0.132 e. The molecule has 0 fully saturated rings. The lowest BCUT2D eigenvalue weighted by atomic mass is 9.93. The van der Waals surface area contributed by atoms with E-state index in [1.54, 1.807) is 0 Å². The van der Waals surface area contributed by atoms with Gasteiger partial charge in [-0.2, -0.15) is 0 Å². The summed E-state index contributed by atoms with van der Waals surface area (Å²) in [6.45, 7) is 4.52. The lowest BCUT2D eigenvalue weighted by Gasteiger charge is -2.41. The summed E-state index contributed by atoms with van der Waals surface area (Å²) in [5, 5.41) is 12.9. The van der Waals surface area contributed by atoms with Gasteiger partial charge in [-0.15, -0.1) is 0 Å². The van der Waals surface area contributed by atoms with E-state index in [0.717, 1.165) is 34.8 Å². The number of aromatic nitrogens is 2. The summed E-state index contributed by atoms with van der Waals surface area (Å²) in [4.78, 5) is 5.29. The number of nitrogens with one attached hydrogen (secondary N) is 2. The zero-order chi connectivity index (χ0) is 34.8. The van der Waals surface area contributed by atoms with Crippen LogP contribution in [0.15, 0.2) is 174 Å². The molecule has 252 valence electrons. The molecule has 5 nitrogen and oxygen atoms in total. The average molecular weight is 674 g/mol. The van der Waals surface area contributed by atoms with Crippen LogP contribution in [0.2, 0.25) is 0 Å². The van der Waals surface area contributed by atoms with E-state index in [-0.39, 0.29) is 6.17 Å². The van der Waals surface area contributed by atoms with Crippen molar-refractivity contribution in [2.24, 2.45) is 10.9 Å². The molecular formula is C47H39N5. The molecule has 3 atom stereocenters. The van der Waals surface area contributed by atoms with E-state index >= 15 is 0 Å². The second-order valence-electron chi connectivity index (χ2n) is 14.4. The Morgan fingerprint density at radius 3 is 1.58 bits per heavy atom. The van der Waals surface area contributed by atoms with Crippen LogP contribution in [0.1, 0.15) is 31.4 Å². The Bertz CT molecular complexity index is 2520. The molecule has 0 spiro atoms. The van der Waals surface area contributed by atoms with Gasteiger partial charge >= 0.3 is 0 Å². The molecule has 0 bridgehead atoms. The topological polar surface area (TPSA) is 46.3 Å². The molecule has 6 aromatic carbocycles. The van der Waals surface area contributed by atoms with Gasteiger partial charge in [0.1, 0.15) is 17.7 Å². The Hall–Kier alpha value is -6.17. The molecule has 0 radical (unpaired) electrons. The number of fused-ring (bicyclic) bond motifs is 6. The van der Waals surface area contributed by atoms with E-state index in [9.17, 15) is 0 Å². The Balaban J connectivity index is 1.25. The molecule has 10 rings (SSSR count). The summed E-state index contributed by atoms with van der Waals surface area (Å²) in [7, 11) is 0. The van der Waals surface area contributed by atoms with Gasteiger partial charge in [0, 0.05) is 38.5 Å². The summed E-state index contributed by atoms with van der Waals surface area (Å²) in [5.74, 6) is 1.39. The van der Waals surface area contributed by atoms with Crippen LogP contribution in [0, 0.1) is 5.92 Å². The highest BCUT2D eigenvalue weighted by Gasteiger charge is 2.37. The van der Waals surface area contributed by atoms with E-state index in [0.29, 0.717) is 5.92 Å². The molecule has 52 heavy (non-hydrogen) atoms. The number of benzene rings is 6. The molecule has 2 N–H and O–H groups in total. The van der Waals surface area contributed by atoms with Crippen LogP contribution in [0.3, 0.4) is 0 Å². The summed E-state index contributed by atoms with van der Waals surface area (Å²) in [6, 6.07) is 52.5. The first-order valence-electron chi connectivity index (χ1n) is 18.2. The van der Waals surface area contributed by atoms with Gasteiger partial charge in [-0.25, -0.2) is 4.99 Å². The van der Waals surface area contributed by atoms with Gasteiger partial charge < -0.3 is 14.5 Å². The lowest BCUT2D eigenvalue weighted by Crippen LogP contribution is -2.61. The largest absolute Gasteiger partial charge is 0.348 e. The van der Waals surface area contributed by atoms with Gasteiger partial charge in [-0.1, -0.05) is 128 Å². The number of aliphatic imine (C=N–C) groups is 1. The van der Waals surface area contributed by atoms with Crippen molar-refractivity contribution in [1.29, 1.82) is 0 Å². The monoisotopic (exact) mass is 673 g/mol. The van der Waals surface area contributed by atoms with Gasteiger partial charge in [0.15, 0.2) is 0 Å². The Labute approximate surface area is 303 Å². The third-order valence-electron chi connectivity index (χ3n) is 10.9. The van der Waals surface area contributed by atoms with Crippen LogP contribution in [0.5, 0.6) is 0 Å². The fourth-order valence-corrected chi connectivity index (χ4v) is 8.29. The van der Waals surface area contributed by atoms with Crippen LogP contribution < -0.4 is 10.6 Å². The fourth-order valence-electron chi connectivity index (χ4n) is 8.29. The summed E-state index contributed by atoms with van der Waals surface area (Å²) in [6.07, 6.45) is 7.68. The summed E-state index contributed by atoms with van der Waals surface area (Å²) >= 11 is 0. The normalized spacial score (nSPS) is 20.3. The van der Waals surface area contributed by atoms with Crippen molar-refractivity contribution in [3.8, 4) is 11.4 Å². The van der Waals surface area contributed by atoms with Crippen molar-refractivity contribution in [1.82, 2.24) is 19.8 Å². The molecule has 2 aromatic heterocycles. The lowest BCUT2D eigenvalue weighted by molar-refractivity contribution is 0.293. The van der Waals surface area contributed by atoms with Crippen LogP contribution in [-0.4, -0.2) is 21.1 Å². The standard InChI is InChI=1S/C47H39N5/c1-31-24-26-33(27-25-31)46-48-45(32-14-4-3-5-15-32)49-47(2,50-46)34-28-35(51-41-20-10-6-16-37(41)38-17-7-11-21-42(38)51)30-36(29-34)52-43-22-12-8-18-39(43)40-19-9-13-23-44(40)52/h3-24,26-31,46,50H,25H2,1-2H3,(H,48,49). The Kier molecular flexibility index (Phi) is 7.05. The van der Waals surface area contributed by atoms with Crippen molar-refractivity contribution in [3.05, 3.63) is 181 Å². The maximum atomic E-state index is 5.29. The predicted molar refractivity (Wildman–Crippen MR) is 217 cm³/mol. The first-order valence-corrected chi connectivity index (χ1v) is 18.2. The molecule has 8 aromatic rings. The van der Waals surface area contributed by atoms with Crippen LogP contribution in [0.25, 0.3) is 55.0 Å². The number of para-hydroxylation sites is 4. The average Bonchev–Trinajstić information content (AvgIpc) is 3.71. The molecule has 0 saturated carbocycles. The van der Waals surface area contributed by atoms with Crippen LogP contribution >= 0.6 is 0 Å². The van der Waals surface area contributed by atoms with Crippen molar-refractivity contribution >= 4 is 49.4 Å². The smallest absolute Gasteiger partial charge is 0.132 e. The van der Waals surface area contributed by atoms with Crippen molar-refractivity contribution in [2.75, 3.05) is 0 Å². The van der Waals surface area contributed by atoms with E-state index in [2.05, 4.69) is 197 Å². The number of hydrogen-bond donors (Lipinski definition) is 2. The zero-order valence-electron chi connectivity index (χ0n) is 29.3. The van der Waals surface area contributed by atoms with E-state index < -0.39 is 5.66 Å². The van der Waals surface area contributed by atoms with Crippen LogP contribution in [0.4, 0.5) is 0 Å². The highest BCUT2D eigenvalue weighted by Crippen LogP contribution is 2.38. The number of hydrogen-bond acceptors (Lipinski definition) is 3. The van der Waals surface area contributed by atoms with E-state index in [4.69, 9.17) is 4.99 Å². The molecular weight excluding hydrogens is 635 g/mol. The third kappa shape index (κ3) is 4.92. The molecule has 1 aliphatic heterocycles. The first-order chi connectivity index (χ1) is 25.5. The van der Waals surface area contributed by atoms with Crippen molar-refractivity contribution in [3.63, 3.8) is 0 Å². The van der Waals surface area contributed by atoms with Gasteiger partial charge in [-0.05, 0) is 72.9 Å². The Morgan fingerprint density at radius 1 is 0.615 bits per heavy atom. The Morgan fingerprint density at radius 2 is 1.10 bits per heavy atom. The number of amidine groups is 1. The highest BCUT2D eigenvalue weighted by molar-refractivity contribution is 6.10. The summed E-state index contributed by atoms with van der Waals surface area (Å²) < 4.78 is 4.85. The number of rotatable bonds is 5. The van der Waals surface area contributed by atoms with Crippen molar-refractivity contribution < 1.29 is 0 Å². The SMILES string of the molecule is CC1C=CC(C2N=C(c3ccccc3)NC(C)(c3cc(-n4c5ccccc5c5ccccc54)cc(-n4c5ccccc5c5ccccc54)c3)N2)=CC1. The van der Waals surface area contributed by atoms with Crippen molar-refractivity contribution in [2.45, 2.75) is 32.1 Å². The van der Waals surface area contributed by atoms with E-state index in [1.807, 2.05) is 0 Å². The van der Waals surface area contributed by atoms with Crippen LogP contribution in [-0.2, 0) is 5.66 Å². The minimum Gasteiger partial charge on any atom is -0.348 e. The first kappa shape index (κ1) is 30.6. The molecule has 3 unspecified atom stereocenters. The minimum atomic E-state index is -0.683. The second-order valence-corrected chi connectivity index (χ2v) is 14.4. The maximum absolute atomic E-state index is 5.29. The second kappa shape index (κ2) is 12.0. The highest BCUT2D eigenvalue weighted by atomic mass is 15.3. The number of nitrogens with zero attached hydrogens (tertiary/aromatic N) is 3. The molecule has 0 amide bonds. The van der Waals surface area contributed by atoms with Gasteiger partial charge in [-0.3, -0.25) is 5.32 Å². The molecule has 5 heteroatoms. The molecule has 2 aliphatic rings. The molecule has 0 saturated heterocycles. The number of allylic oxidation sites excluding steroid dienone is 2. The quantitative estimate of drug-likeness (QED) is 0.191. The third-order valence-corrected chi connectivity index (χ3v) is 10.9. The predicted octanol–water partition coefficient (Wildman–Crippen LogP) is 10.5. The van der Waals surface area contributed by atoms with Gasteiger partial charge in [0.25, 0.3) is 0 Å². The summed E-state index contributed by atoms with van der Waals surface area (Å²) in [5.41, 5.74) is 9.61. The minimum absolute atomic E-state index is 0.223. The molecule has 1 aliphatic carbocycles. The zero-order valence-corrected chi connectivity index (χ0v) is 29.3. The molecule has 3 heterocycles. The van der Waals surface area contributed by atoms with E-state index in [1.165, 1.54) is 49.2 Å².